The zero-order valence-electron chi connectivity index (χ0n) is 13.4. The Morgan fingerprint density at radius 3 is 2.29 bits per heavy atom. The van der Waals surface area contributed by atoms with Crippen molar-refractivity contribution in [3.8, 4) is 0 Å². The van der Waals surface area contributed by atoms with E-state index in [1.54, 1.807) is 12.1 Å². The fourth-order valence-electron chi connectivity index (χ4n) is 1.70. The summed E-state index contributed by atoms with van der Waals surface area (Å²) < 4.78 is 26.4. The van der Waals surface area contributed by atoms with Crippen molar-refractivity contribution in [1.29, 1.82) is 0 Å². The number of carbonyl (C=O) groups is 2. The molecule has 0 radical (unpaired) electrons. The Bertz CT molecular complexity index is 605. The topological polar surface area (TPSA) is 127 Å². The number of unbranched alkanes of at least 4 members (excludes halogenated alkanes) is 1. The minimum Gasteiger partial charge on any atom is -0.480 e. The Labute approximate surface area is 147 Å². The number of hydrogen-bond acceptors (Lipinski definition) is 5. The van der Waals surface area contributed by atoms with Gasteiger partial charge in [-0.1, -0.05) is 24.1 Å². The number of carbonyl (C=O) groups excluding carboxylic acids is 1. The Kier molecular flexibility index (Phi) is 11.2. The molecule has 1 atom stereocenters. The van der Waals surface area contributed by atoms with Gasteiger partial charge in [0.25, 0.3) is 0 Å². The summed E-state index contributed by atoms with van der Waals surface area (Å²) in [7, 11) is -3.82. The minimum absolute atomic E-state index is 0.0631. The molecule has 0 bridgehead atoms. The number of rotatable bonds is 9. The molecule has 0 amide bonds. The minimum atomic E-state index is -3.82. The van der Waals surface area contributed by atoms with Gasteiger partial charge in [0.2, 0.25) is 10.0 Å². The standard InChI is InChI=1S/C13H20N2O4S.C2H3ClO/c1-10-5-7-11(8-6-10)20(18,19)15-12(13(16)17)4-2-3-9-14;3-1-2-4/h5-8,12,15H,2-4,9,14H2,1H3,(H,16,17);2H,1H2. The van der Waals surface area contributed by atoms with E-state index in [4.69, 9.17) is 27.2 Å². The fraction of sp³-hybridized carbons (Fsp3) is 0.467. The highest BCUT2D eigenvalue weighted by molar-refractivity contribution is 7.89. The number of nitrogens with two attached hydrogens (primary N) is 1. The van der Waals surface area contributed by atoms with Crippen LogP contribution in [0, 0.1) is 6.92 Å². The molecule has 0 fully saturated rings. The number of aliphatic carboxylic acids is 1. The van der Waals surface area contributed by atoms with Gasteiger partial charge in [-0.2, -0.15) is 4.72 Å². The van der Waals surface area contributed by atoms with Gasteiger partial charge in [0.15, 0.2) is 0 Å². The summed E-state index contributed by atoms with van der Waals surface area (Å²) in [5.41, 5.74) is 6.27. The van der Waals surface area contributed by atoms with Crippen LogP contribution in [0.25, 0.3) is 0 Å². The maximum atomic E-state index is 12.1. The Morgan fingerprint density at radius 2 is 1.88 bits per heavy atom. The Balaban J connectivity index is 0.00000118. The van der Waals surface area contributed by atoms with E-state index >= 15 is 0 Å². The van der Waals surface area contributed by atoms with Crippen molar-refractivity contribution in [1.82, 2.24) is 4.72 Å². The van der Waals surface area contributed by atoms with Gasteiger partial charge in [-0.25, -0.2) is 8.42 Å². The van der Waals surface area contributed by atoms with Gasteiger partial charge in [0.05, 0.1) is 10.8 Å². The van der Waals surface area contributed by atoms with Gasteiger partial charge >= 0.3 is 5.97 Å². The average Bonchev–Trinajstić information content (AvgIpc) is 2.54. The number of nitrogens with one attached hydrogen (secondary N) is 1. The molecular formula is C15H23ClN2O5S. The monoisotopic (exact) mass is 378 g/mol. The maximum absolute atomic E-state index is 12.1. The van der Waals surface area contributed by atoms with Crippen LogP contribution in [0.5, 0.6) is 0 Å². The third-order valence-corrected chi connectivity index (χ3v) is 4.55. The first kappa shape index (κ1) is 22.5. The van der Waals surface area contributed by atoms with Gasteiger partial charge < -0.3 is 15.6 Å². The number of benzene rings is 1. The predicted molar refractivity (Wildman–Crippen MR) is 92.6 cm³/mol. The van der Waals surface area contributed by atoms with E-state index in [1.807, 2.05) is 6.92 Å². The van der Waals surface area contributed by atoms with Crippen molar-refractivity contribution in [2.24, 2.45) is 5.73 Å². The van der Waals surface area contributed by atoms with Gasteiger partial charge in [-0.15, -0.1) is 11.6 Å². The average molecular weight is 379 g/mol. The number of hydrogen-bond donors (Lipinski definition) is 3. The first-order valence-electron chi connectivity index (χ1n) is 7.30. The number of carboxylic acid groups (broad SMARTS) is 1. The van der Waals surface area contributed by atoms with E-state index in [2.05, 4.69) is 4.72 Å². The highest BCUT2D eigenvalue weighted by Gasteiger charge is 2.24. The molecule has 4 N–H and O–H groups in total. The molecule has 1 rings (SSSR count). The van der Waals surface area contributed by atoms with Crippen LogP contribution in [0.1, 0.15) is 24.8 Å². The number of halogens is 1. The fourth-order valence-corrected chi connectivity index (χ4v) is 2.92. The molecule has 1 aromatic rings. The molecular weight excluding hydrogens is 356 g/mol. The molecule has 0 heterocycles. The first-order chi connectivity index (χ1) is 11.3. The van der Waals surface area contributed by atoms with E-state index < -0.39 is 22.0 Å². The van der Waals surface area contributed by atoms with Crippen molar-refractivity contribution in [2.75, 3.05) is 12.4 Å². The van der Waals surface area contributed by atoms with Crippen LogP contribution in [0.3, 0.4) is 0 Å². The summed E-state index contributed by atoms with van der Waals surface area (Å²) in [6, 6.07) is 5.11. The molecule has 0 aliphatic carbocycles. The molecule has 1 aromatic carbocycles. The van der Waals surface area contributed by atoms with Crippen LogP contribution in [0.15, 0.2) is 29.2 Å². The van der Waals surface area contributed by atoms with E-state index in [0.717, 1.165) is 5.56 Å². The highest BCUT2D eigenvalue weighted by Crippen LogP contribution is 2.12. The van der Waals surface area contributed by atoms with Crippen LogP contribution in [0.2, 0.25) is 0 Å². The molecule has 0 aromatic heterocycles. The molecule has 0 aliphatic heterocycles. The Morgan fingerprint density at radius 1 is 1.33 bits per heavy atom. The summed E-state index contributed by atoms with van der Waals surface area (Å²) in [6.45, 7) is 2.30. The van der Waals surface area contributed by atoms with Crippen molar-refractivity contribution >= 4 is 33.9 Å². The van der Waals surface area contributed by atoms with Gasteiger partial charge in [0.1, 0.15) is 12.3 Å². The molecule has 9 heteroatoms. The summed E-state index contributed by atoms with van der Waals surface area (Å²) in [5.74, 6) is -1.07. The summed E-state index contributed by atoms with van der Waals surface area (Å²) in [5, 5.41) is 9.07. The SMILES string of the molecule is Cc1ccc(S(=O)(=O)NC(CCCCN)C(=O)O)cc1.O=CCCl. The number of alkyl halides is 1. The molecule has 1 unspecified atom stereocenters. The lowest BCUT2D eigenvalue weighted by molar-refractivity contribution is -0.139. The number of carboxylic acids is 1. The van der Waals surface area contributed by atoms with Crippen LogP contribution in [-0.4, -0.2) is 44.2 Å². The second-order valence-electron chi connectivity index (χ2n) is 4.93. The maximum Gasteiger partial charge on any atom is 0.321 e. The second-order valence-corrected chi connectivity index (χ2v) is 6.95. The Hall–Kier alpha value is -1.48. The molecule has 0 saturated carbocycles. The zero-order chi connectivity index (χ0) is 18.6. The largest absolute Gasteiger partial charge is 0.480 e. The quantitative estimate of drug-likeness (QED) is 0.337. The summed E-state index contributed by atoms with van der Waals surface area (Å²) in [4.78, 5) is 20.2. The predicted octanol–water partition coefficient (Wildman–Crippen LogP) is 1.28. The van der Waals surface area contributed by atoms with Crippen molar-refractivity contribution in [2.45, 2.75) is 37.1 Å². The zero-order valence-corrected chi connectivity index (χ0v) is 15.0. The van der Waals surface area contributed by atoms with E-state index in [0.29, 0.717) is 25.7 Å². The van der Waals surface area contributed by atoms with E-state index in [1.165, 1.54) is 12.1 Å². The summed E-state index contributed by atoms with van der Waals surface area (Å²) in [6.07, 6.45) is 2.08. The molecule has 24 heavy (non-hydrogen) atoms. The number of aldehydes is 1. The van der Waals surface area contributed by atoms with Gasteiger partial charge in [-0.3, -0.25) is 4.79 Å². The normalized spacial score (nSPS) is 12.0. The van der Waals surface area contributed by atoms with Gasteiger partial charge in [-0.05, 0) is 38.4 Å². The molecule has 0 aliphatic rings. The van der Waals surface area contributed by atoms with E-state index in [-0.39, 0.29) is 17.2 Å². The lowest BCUT2D eigenvalue weighted by Crippen LogP contribution is -2.40. The van der Waals surface area contributed by atoms with Crippen molar-refractivity contribution in [3.05, 3.63) is 29.8 Å². The number of aryl methyl sites for hydroxylation is 1. The van der Waals surface area contributed by atoms with E-state index in [9.17, 15) is 13.2 Å². The molecule has 0 spiro atoms. The number of sulfonamides is 1. The van der Waals surface area contributed by atoms with Crippen molar-refractivity contribution < 1.29 is 23.1 Å². The molecule has 136 valence electrons. The summed E-state index contributed by atoms with van der Waals surface area (Å²) >= 11 is 4.82. The van der Waals surface area contributed by atoms with Crippen LogP contribution >= 0.6 is 11.6 Å². The lowest BCUT2D eigenvalue weighted by atomic mass is 10.1. The lowest BCUT2D eigenvalue weighted by Gasteiger charge is -2.14. The van der Waals surface area contributed by atoms with Crippen molar-refractivity contribution in [3.63, 3.8) is 0 Å². The third-order valence-electron chi connectivity index (χ3n) is 2.94. The molecule has 7 nitrogen and oxygen atoms in total. The smallest absolute Gasteiger partial charge is 0.321 e. The van der Waals surface area contributed by atoms with Crippen LogP contribution in [0.4, 0.5) is 0 Å². The highest BCUT2D eigenvalue weighted by atomic mass is 35.5. The van der Waals surface area contributed by atoms with Crippen LogP contribution < -0.4 is 10.5 Å². The third kappa shape index (κ3) is 8.97. The van der Waals surface area contributed by atoms with Crippen LogP contribution in [-0.2, 0) is 19.6 Å². The second kappa shape index (κ2) is 12.0. The van der Waals surface area contributed by atoms with Gasteiger partial charge in [0, 0.05) is 0 Å². The first-order valence-corrected chi connectivity index (χ1v) is 9.31. The molecule has 0 saturated heterocycles.